The minimum atomic E-state index is 0.692. The Bertz CT molecular complexity index is 546. The summed E-state index contributed by atoms with van der Waals surface area (Å²) in [7, 11) is 4.10. The van der Waals surface area contributed by atoms with E-state index in [-0.39, 0.29) is 0 Å². The van der Waals surface area contributed by atoms with Crippen LogP contribution in [0.25, 0.3) is 11.3 Å². The lowest BCUT2D eigenvalue weighted by atomic mass is 10.1. The zero-order valence-electron chi connectivity index (χ0n) is 13.4. The molecule has 0 saturated heterocycles. The van der Waals surface area contributed by atoms with Gasteiger partial charge < -0.3 is 10.2 Å². The van der Waals surface area contributed by atoms with E-state index in [9.17, 15) is 0 Å². The maximum Gasteiger partial charge on any atom is 0.185 e. The summed E-state index contributed by atoms with van der Waals surface area (Å²) in [6.07, 6.45) is 1.03. The average molecular weight is 303 g/mol. The van der Waals surface area contributed by atoms with Crippen molar-refractivity contribution in [2.24, 2.45) is 5.92 Å². The second kappa shape index (κ2) is 7.57. The summed E-state index contributed by atoms with van der Waals surface area (Å²) in [4.78, 5) is 8.26. The zero-order valence-corrected chi connectivity index (χ0v) is 14.2. The van der Waals surface area contributed by atoms with E-state index in [2.05, 4.69) is 48.3 Å². The highest BCUT2D eigenvalue weighted by Gasteiger charge is 2.13. The molecule has 0 saturated carbocycles. The van der Waals surface area contributed by atoms with Crippen molar-refractivity contribution in [1.82, 2.24) is 10.3 Å². The first-order valence-corrected chi connectivity index (χ1v) is 8.32. The molecule has 0 atom stereocenters. The number of nitrogens with one attached hydrogen (secondary N) is 1. The summed E-state index contributed by atoms with van der Waals surface area (Å²) in [5, 5.41) is 4.59. The van der Waals surface area contributed by atoms with Gasteiger partial charge in [-0.2, -0.15) is 0 Å². The van der Waals surface area contributed by atoms with Gasteiger partial charge in [-0.05, 0) is 18.9 Å². The number of aromatic nitrogens is 1. The van der Waals surface area contributed by atoms with Crippen molar-refractivity contribution in [3.05, 3.63) is 35.2 Å². The Morgan fingerprint density at radius 1 is 1.19 bits per heavy atom. The Kier molecular flexibility index (Phi) is 5.76. The Hall–Kier alpha value is -1.39. The van der Waals surface area contributed by atoms with Crippen molar-refractivity contribution >= 4 is 16.5 Å². The highest BCUT2D eigenvalue weighted by atomic mass is 32.1. The Labute approximate surface area is 132 Å². The van der Waals surface area contributed by atoms with Gasteiger partial charge in [-0.1, -0.05) is 44.2 Å². The highest BCUT2D eigenvalue weighted by molar-refractivity contribution is 7.16. The third-order valence-electron chi connectivity index (χ3n) is 3.20. The van der Waals surface area contributed by atoms with Crippen LogP contribution in [0.4, 0.5) is 5.13 Å². The second-order valence-corrected chi connectivity index (χ2v) is 6.94. The molecule has 114 valence electrons. The molecule has 2 rings (SSSR count). The van der Waals surface area contributed by atoms with Crippen LogP contribution in [-0.4, -0.2) is 32.2 Å². The SMILES string of the molecule is CC(C)CNCCc1sc(N(C)C)nc1-c1ccccc1. The molecule has 3 nitrogen and oxygen atoms in total. The molecule has 4 heteroatoms. The smallest absolute Gasteiger partial charge is 0.185 e. The monoisotopic (exact) mass is 303 g/mol. The minimum Gasteiger partial charge on any atom is -0.354 e. The van der Waals surface area contributed by atoms with Gasteiger partial charge in [0, 0.05) is 31.1 Å². The first-order valence-electron chi connectivity index (χ1n) is 7.51. The standard InChI is InChI=1S/C17H25N3S/c1-13(2)12-18-11-10-15-16(14-8-6-5-7-9-14)19-17(21-15)20(3)4/h5-9,13,18H,10-12H2,1-4H3. The van der Waals surface area contributed by atoms with Gasteiger partial charge in [-0.3, -0.25) is 0 Å². The molecule has 0 aliphatic heterocycles. The first-order chi connectivity index (χ1) is 10.1. The van der Waals surface area contributed by atoms with Crippen LogP contribution in [0, 0.1) is 5.92 Å². The second-order valence-electron chi connectivity index (χ2n) is 5.88. The van der Waals surface area contributed by atoms with E-state index >= 15 is 0 Å². The molecule has 1 heterocycles. The van der Waals surface area contributed by atoms with Crippen LogP contribution in [0.15, 0.2) is 30.3 Å². The molecule has 0 spiro atoms. The van der Waals surface area contributed by atoms with Gasteiger partial charge >= 0.3 is 0 Å². The van der Waals surface area contributed by atoms with Gasteiger partial charge in [0.25, 0.3) is 0 Å². The minimum absolute atomic E-state index is 0.692. The van der Waals surface area contributed by atoms with Crippen LogP contribution in [0.1, 0.15) is 18.7 Å². The maximum atomic E-state index is 4.81. The van der Waals surface area contributed by atoms with E-state index in [1.165, 1.54) is 10.4 Å². The summed E-state index contributed by atoms with van der Waals surface area (Å²) < 4.78 is 0. The number of nitrogens with zero attached hydrogens (tertiary/aromatic N) is 2. The maximum absolute atomic E-state index is 4.81. The topological polar surface area (TPSA) is 28.2 Å². The number of hydrogen-bond donors (Lipinski definition) is 1. The van der Waals surface area contributed by atoms with Crippen LogP contribution in [0.5, 0.6) is 0 Å². The Balaban J connectivity index is 2.15. The van der Waals surface area contributed by atoms with Crippen molar-refractivity contribution in [2.45, 2.75) is 20.3 Å². The molecule has 0 aliphatic carbocycles. The highest BCUT2D eigenvalue weighted by Crippen LogP contribution is 2.32. The normalized spacial score (nSPS) is 11.1. The van der Waals surface area contributed by atoms with Crippen molar-refractivity contribution < 1.29 is 0 Å². The molecule has 0 amide bonds. The van der Waals surface area contributed by atoms with Crippen LogP contribution in [0.2, 0.25) is 0 Å². The van der Waals surface area contributed by atoms with E-state index in [4.69, 9.17) is 4.98 Å². The van der Waals surface area contributed by atoms with Crippen LogP contribution in [0.3, 0.4) is 0 Å². The van der Waals surface area contributed by atoms with Gasteiger partial charge in [0.2, 0.25) is 0 Å². The Morgan fingerprint density at radius 2 is 1.90 bits per heavy atom. The third kappa shape index (κ3) is 4.55. The average Bonchev–Trinajstić information content (AvgIpc) is 2.89. The molecular formula is C17H25N3S. The zero-order chi connectivity index (χ0) is 15.2. The van der Waals surface area contributed by atoms with Gasteiger partial charge in [0.1, 0.15) is 0 Å². The van der Waals surface area contributed by atoms with Crippen LogP contribution in [-0.2, 0) is 6.42 Å². The molecule has 21 heavy (non-hydrogen) atoms. The molecule has 0 unspecified atom stereocenters. The van der Waals surface area contributed by atoms with Crippen molar-refractivity contribution in [2.75, 3.05) is 32.1 Å². The quantitative estimate of drug-likeness (QED) is 0.791. The summed E-state index contributed by atoms with van der Waals surface area (Å²) in [5.74, 6) is 0.692. The van der Waals surface area contributed by atoms with Gasteiger partial charge in [-0.25, -0.2) is 4.98 Å². The molecular weight excluding hydrogens is 278 g/mol. The van der Waals surface area contributed by atoms with Gasteiger partial charge in [-0.15, -0.1) is 11.3 Å². The number of benzene rings is 1. The fourth-order valence-corrected chi connectivity index (χ4v) is 3.12. The summed E-state index contributed by atoms with van der Waals surface area (Å²) in [6.45, 7) is 6.55. The van der Waals surface area contributed by atoms with E-state index in [1.807, 2.05) is 20.2 Å². The van der Waals surface area contributed by atoms with E-state index < -0.39 is 0 Å². The van der Waals surface area contributed by atoms with E-state index in [1.54, 1.807) is 11.3 Å². The number of thiazole rings is 1. The van der Waals surface area contributed by atoms with Crippen molar-refractivity contribution in [1.29, 1.82) is 0 Å². The number of rotatable bonds is 7. The largest absolute Gasteiger partial charge is 0.354 e. The number of anilines is 1. The van der Waals surface area contributed by atoms with E-state index in [0.29, 0.717) is 5.92 Å². The Morgan fingerprint density at radius 3 is 2.52 bits per heavy atom. The summed E-state index contributed by atoms with van der Waals surface area (Å²) in [6, 6.07) is 10.5. The third-order valence-corrected chi connectivity index (χ3v) is 4.48. The van der Waals surface area contributed by atoms with Gasteiger partial charge in [0.05, 0.1) is 5.69 Å². The first kappa shape index (κ1) is 16.0. The molecule has 0 aliphatic rings. The molecule has 1 aromatic heterocycles. The van der Waals surface area contributed by atoms with E-state index in [0.717, 1.165) is 30.3 Å². The lowest BCUT2D eigenvalue weighted by molar-refractivity contribution is 0.555. The fraction of sp³-hybridized carbons (Fsp3) is 0.471. The fourth-order valence-electron chi connectivity index (χ4n) is 2.11. The summed E-state index contributed by atoms with van der Waals surface area (Å²) in [5.41, 5.74) is 2.34. The number of hydrogen-bond acceptors (Lipinski definition) is 4. The summed E-state index contributed by atoms with van der Waals surface area (Å²) >= 11 is 1.80. The van der Waals surface area contributed by atoms with Crippen molar-refractivity contribution in [3.63, 3.8) is 0 Å². The molecule has 1 N–H and O–H groups in total. The molecule has 0 bridgehead atoms. The lowest BCUT2D eigenvalue weighted by Gasteiger charge is -2.07. The predicted molar refractivity (Wildman–Crippen MR) is 93.3 cm³/mol. The van der Waals surface area contributed by atoms with Crippen LogP contribution < -0.4 is 10.2 Å². The van der Waals surface area contributed by atoms with Crippen LogP contribution >= 0.6 is 11.3 Å². The molecule has 0 radical (unpaired) electrons. The van der Waals surface area contributed by atoms with Gasteiger partial charge in [0.15, 0.2) is 5.13 Å². The molecule has 2 aromatic rings. The predicted octanol–water partition coefficient (Wildman–Crippen LogP) is 3.66. The molecule has 1 aromatic carbocycles. The van der Waals surface area contributed by atoms with Crippen molar-refractivity contribution in [3.8, 4) is 11.3 Å². The lowest BCUT2D eigenvalue weighted by Crippen LogP contribution is -2.22. The molecule has 0 fully saturated rings.